The maximum Gasteiger partial charge on any atom is 0.124 e. The number of rotatable bonds is 3. The van der Waals surface area contributed by atoms with Gasteiger partial charge in [-0.3, -0.25) is 0 Å². The summed E-state index contributed by atoms with van der Waals surface area (Å²) in [4.78, 5) is 0. The number of hydrogen-bond donors (Lipinski definition) is 0. The molecule has 0 unspecified atom stereocenters. The van der Waals surface area contributed by atoms with Crippen LogP contribution in [0.3, 0.4) is 0 Å². The van der Waals surface area contributed by atoms with Crippen molar-refractivity contribution in [1.82, 2.24) is 0 Å². The van der Waals surface area contributed by atoms with E-state index in [2.05, 4.69) is 6.92 Å². The molecule has 0 N–H and O–H groups in total. The predicted octanol–water partition coefficient (Wildman–Crippen LogP) is 3.82. The van der Waals surface area contributed by atoms with Gasteiger partial charge in [0.1, 0.15) is 5.82 Å². The minimum absolute atomic E-state index is 0.264. The monoisotopic (exact) mass is 186 g/mol. The Kier molecular flexibility index (Phi) is 3.54. The summed E-state index contributed by atoms with van der Waals surface area (Å²) in [5.74, 6) is -0.264. The van der Waals surface area contributed by atoms with E-state index in [0.29, 0.717) is 5.02 Å². The van der Waals surface area contributed by atoms with E-state index in [0.717, 1.165) is 24.8 Å². The molecule has 0 atom stereocenters. The van der Waals surface area contributed by atoms with Gasteiger partial charge in [-0.15, -0.1) is 0 Å². The first-order valence-electron chi connectivity index (χ1n) is 4.18. The Labute approximate surface area is 77.4 Å². The molecule has 1 rings (SSSR count). The summed E-state index contributed by atoms with van der Waals surface area (Å²) in [6, 6.07) is 4.58. The van der Waals surface area contributed by atoms with Gasteiger partial charge in [0.2, 0.25) is 0 Å². The molecule has 0 amide bonds. The van der Waals surface area contributed by atoms with E-state index in [4.69, 9.17) is 11.6 Å². The molecule has 0 spiro atoms. The van der Waals surface area contributed by atoms with E-state index >= 15 is 0 Å². The van der Waals surface area contributed by atoms with E-state index in [1.54, 1.807) is 6.07 Å². The van der Waals surface area contributed by atoms with E-state index in [9.17, 15) is 4.39 Å². The number of hydrogen-bond acceptors (Lipinski definition) is 0. The van der Waals surface area contributed by atoms with Crippen LogP contribution in [0.4, 0.5) is 4.39 Å². The van der Waals surface area contributed by atoms with Crippen molar-refractivity contribution in [2.75, 3.05) is 0 Å². The lowest BCUT2D eigenvalue weighted by molar-refractivity contribution is 0.626. The lowest BCUT2D eigenvalue weighted by Gasteiger charge is -2.02. The molecule has 0 aliphatic heterocycles. The molecule has 0 saturated heterocycles. The van der Waals surface area contributed by atoms with E-state index in [1.807, 2.05) is 0 Å². The topological polar surface area (TPSA) is 0 Å². The second kappa shape index (κ2) is 4.46. The fraction of sp³-hybridized carbons (Fsp3) is 0.400. The summed E-state index contributed by atoms with van der Waals surface area (Å²) in [6.45, 7) is 2.12. The first kappa shape index (κ1) is 9.53. The van der Waals surface area contributed by atoms with Gasteiger partial charge < -0.3 is 0 Å². The molecule has 0 bridgehead atoms. The van der Waals surface area contributed by atoms with Crippen LogP contribution in [0.15, 0.2) is 18.2 Å². The lowest BCUT2D eigenvalue weighted by atomic mass is 10.1. The highest BCUT2D eigenvalue weighted by molar-refractivity contribution is 6.31. The number of aryl methyl sites for hydroxylation is 1. The van der Waals surface area contributed by atoms with Crippen molar-refractivity contribution in [3.8, 4) is 0 Å². The smallest absolute Gasteiger partial charge is 0.124 e. The van der Waals surface area contributed by atoms with Gasteiger partial charge in [-0.05, 0) is 30.5 Å². The summed E-state index contributed by atoms with van der Waals surface area (Å²) in [7, 11) is 0. The predicted molar refractivity (Wildman–Crippen MR) is 50.0 cm³/mol. The van der Waals surface area contributed by atoms with Gasteiger partial charge in [0, 0.05) is 5.02 Å². The fourth-order valence-electron chi connectivity index (χ4n) is 1.09. The van der Waals surface area contributed by atoms with Crippen LogP contribution in [0, 0.1) is 5.82 Å². The van der Waals surface area contributed by atoms with Gasteiger partial charge in [-0.25, -0.2) is 4.39 Å². The third-order valence-electron chi connectivity index (χ3n) is 1.81. The van der Waals surface area contributed by atoms with Crippen molar-refractivity contribution in [2.24, 2.45) is 0 Å². The van der Waals surface area contributed by atoms with E-state index in [-0.39, 0.29) is 5.82 Å². The average Bonchev–Trinajstić information content (AvgIpc) is 2.03. The Morgan fingerprint density at radius 2 is 2.17 bits per heavy atom. The SMILES string of the molecule is CCCCc1ccc(F)cc1Cl. The number of halogens is 2. The zero-order chi connectivity index (χ0) is 8.97. The molecular weight excluding hydrogens is 175 g/mol. The van der Waals surface area contributed by atoms with Crippen LogP contribution in [0.1, 0.15) is 25.3 Å². The zero-order valence-corrected chi connectivity index (χ0v) is 7.87. The molecule has 0 saturated carbocycles. The number of benzene rings is 1. The molecule has 0 aromatic heterocycles. The van der Waals surface area contributed by atoms with Crippen LogP contribution in [0.2, 0.25) is 5.02 Å². The second-order valence-corrected chi connectivity index (χ2v) is 3.25. The maximum atomic E-state index is 12.6. The van der Waals surface area contributed by atoms with Gasteiger partial charge in [0.15, 0.2) is 0 Å². The molecule has 0 heterocycles. The molecule has 0 fully saturated rings. The summed E-state index contributed by atoms with van der Waals surface area (Å²) in [5, 5.41) is 0.545. The first-order chi connectivity index (χ1) is 5.74. The molecule has 0 aliphatic rings. The Bertz CT molecular complexity index is 258. The highest BCUT2D eigenvalue weighted by atomic mass is 35.5. The van der Waals surface area contributed by atoms with Crippen LogP contribution in [-0.4, -0.2) is 0 Å². The molecule has 66 valence electrons. The Hall–Kier alpha value is -0.560. The first-order valence-corrected chi connectivity index (χ1v) is 4.55. The summed E-state index contributed by atoms with van der Waals surface area (Å²) < 4.78 is 12.6. The van der Waals surface area contributed by atoms with Gasteiger partial charge in [0.25, 0.3) is 0 Å². The van der Waals surface area contributed by atoms with E-state index in [1.165, 1.54) is 12.1 Å². The average molecular weight is 187 g/mol. The van der Waals surface area contributed by atoms with Crippen molar-refractivity contribution in [2.45, 2.75) is 26.2 Å². The maximum absolute atomic E-state index is 12.6. The molecule has 0 nitrogen and oxygen atoms in total. The standard InChI is InChI=1S/C10H12ClF/c1-2-3-4-8-5-6-9(12)7-10(8)11/h5-7H,2-4H2,1H3. The highest BCUT2D eigenvalue weighted by Crippen LogP contribution is 2.18. The second-order valence-electron chi connectivity index (χ2n) is 2.84. The van der Waals surface area contributed by atoms with E-state index < -0.39 is 0 Å². The summed E-state index contributed by atoms with van der Waals surface area (Å²) >= 11 is 5.83. The van der Waals surface area contributed by atoms with Crippen LogP contribution in [-0.2, 0) is 6.42 Å². The quantitative estimate of drug-likeness (QED) is 0.673. The molecule has 0 radical (unpaired) electrons. The summed E-state index contributed by atoms with van der Waals surface area (Å²) in [6.07, 6.45) is 3.18. The summed E-state index contributed by atoms with van der Waals surface area (Å²) in [5.41, 5.74) is 1.04. The highest BCUT2D eigenvalue weighted by Gasteiger charge is 2.00. The lowest BCUT2D eigenvalue weighted by Crippen LogP contribution is -1.86. The van der Waals surface area contributed by atoms with Crippen molar-refractivity contribution >= 4 is 11.6 Å². The van der Waals surface area contributed by atoms with Gasteiger partial charge in [-0.1, -0.05) is 31.0 Å². The fourth-order valence-corrected chi connectivity index (χ4v) is 1.35. The Morgan fingerprint density at radius 3 is 2.75 bits per heavy atom. The van der Waals surface area contributed by atoms with Crippen LogP contribution in [0.25, 0.3) is 0 Å². The molecule has 1 aromatic rings. The molecule has 2 heteroatoms. The van der Waals surface area contributed by atoms with Crippen molar-refractivity contribution < 1.29 is 4.39 Å². The third kappa shape index (κ3) is 2.49. The van der Waals surface area contributed by atoms with Gasteiger partial charge >= 0.3 is 0 Å². The number of unbranched alkanes of at least 4 members (excludes halogenated alkanes) is 1. The molecule has 0 aliphatic carbocycles. The van der Waals surface area contributed by atoms with Gasteiger partial charge in [0.05, 0.1) is 0 Å². The zero-order valence-electron chi connectivity index (χ0n) is 7.11. The normalized spacial score (nSPS) is 10.2. The Balaban J connectivity index is 2.72. The van der Waals surface area contributed by atoms with Crippen molar-refractivity contribution in [3.05, 3.63) is 34.6 Å². The van der Waals surface area contributed by atoms with Crippen molar-refractivity contribution in [3.63, 3.8) is 0 Å². The third-order valence-corrected chi connectivity index (χ3v) is 2.17. The minimum atomic E-state index is -0.264. The molecule has 1 aromatic carbocycles. The van der Waals surface area contributed by atoms with Crippen LogP contribution in [0.5, 0.6) is 0 Å². The Morgan fingerprint density at radius 1 is 1.42 bits per heavy atom. The largest absolute Gasteiger partial charge is 0.207 e. The van der Waals surface area contributed by atoms with Crippen molar-refractivity contribution in [1.29, 1.82) is 0 Å². The minimum Gasteiger partial charge on any atom is -0.207 e. The molecular formula is C10H12ClF. The van der Waals surface area contributed by atoms with Crippen LogP contribution < -0.4 is 0 Å². The van der Waals surface area contributed by atoms with Crippen LogP contribution >= 0.6 is 11.6 Å². The molecule has 12 heavy (non-hydrogen) atoms. The van der Waals surface area contributed by atoms with Gasteiger partial charge in [-0.2, -0.15) is 0 Å².